The van der Waals surface area contributed by atoms with E-state index >= 15 is 0 Å². The summed E-state index contributed by atoms with van der Waals surface area (Å²) >= 11 is 0. The van der Waals surface area contributed by atoms with Crippen molar-refractivity contribution in [3.8, 4) is 0 Å². The van der Waals surface area contributed by atoms with Crippen molar-refractivity contribution in [3.05, 3.63) is 12.4 Å². The van der Waals surface area contributed by atoms with Crippen LogP contribution >= 0.6 is 0 Å². The molecule has 0 spiro atoms. The van der Waals surface area contributed by atoms with Crippen LogP contribution in [0.3, 0.4) is 0 Å². The lowest BCUT2D eigenvalue weighted by Crippen LogP contribution is -2.33. The number of unbranched alkanes of at least 4 members (excludes halogenated alkanes) is 8. The molecule has 0 aromatic heterocycles. The van der Waals surface area contributed by atoms with Crippen molar-refractivity contribution in [2.75, 3.05) is 14.1 Å². The molecule has 0 atom stereocenters. The van der Waals surface area contributed by atoms with E-state index in [0.717, 1.165) is 0 Å². The van der Waals surface area contributed by atoms with Gasteiger partial charge in [0.25, 0.3) is 0 Å². The molecule has 0 saturated heterocycles. The van der Waals surface area contributed by atoms with Crippen LogP contribution in [0.15, 0.2) is 12.4 Å². The largest absolute Gasteiger partial charge is 0.359 e. The van der Waals surface area contributed by atoms with Gasteiger partial charge in [0.1, 0.15) is 6.17 Å². The number of hydrogen-bond donors (Lipinski definition) is 0. The Morgan fingerprint density at radius 3 is 1.67 bits per heavy atom. The molecule has 2 nitrogen and oxygen atoms in total. The zero-order valence-corrected chi connectivity index (χ0v) is 12.7. The summed E-state index contributed by atoms with van der Waals surface area (Å²) in [6.07, 6.45) is 19.0. The summed E-state index contributed by atoms with van der Waals surface area (Å²) in [4.78, 5) is 4.65. The minimum atomic E-state index is 0.606. The SMILES string of the molecule is CCCCCCCCCCCC1N(C)C=CN1C. The van der Waals surface area contributed by atoms with Crippen LogP contribution < -0.4 is 0 Å². The van der Waals surface area contributed by atoms with E-state index in [1.807, 2.05) is 0 Å². The van der Waals surface area contributed by atoms with E-state index in [1.165, 1.54) is 64.2 Å². The first-order chi connectivity index (χ1) is 8.75. The Morgan fingerprint density at radius 1 is 0.722 bits per heavy atom. The fraction of sp³-hybridized carbons (Fsp3) is 0.875. The Bertz CT molecular complexity index is 213. The molecule has 1 heterocycles. The quantitative estimate of drug-likeness (QED) is 0.525. The minimum Gasteiger partial charge on any atom is -0.359 e. The molecule has 18 heavy (non-hydrogen) atoms. The highest BCUT2D eigenvalue weighted by Gasteiger charge is 2.18. The molecule has 1 rings (SSSR count). The van der Waals surface area contributed by atoms with Gasteiger partial charge < -0.3 is 9.80 Å². The topological polar surface area (TPSA) is 6.48 Å². The fourth-order valence-electron chi connectivity index (χ4n) is 2.74. The lowest BCUT2D eigenvalue weighted by Gasteiger charge is -2.27. The molecular formula is C16H32N2. The maximum absolute atomic E-state index is 2.32. The standard InChI is InChI=1S/C16H32N2/c1-4-5-6-7-8-9-10-11-12-13-16-17(2)14-15-18(16)3/h14-16H,4-13H2,1-3H3. The molecule has 1 aliphatic rings. The number of hydrogen-bond acceptors (Lipinski definition) is 2. The van der Waals surface area contributed by atoms with E-state index in [0.29, 0.717) is 6.17 Å². The zero-order valence-electron chi connectivity index (χ0n) is 12.7. The molecule has 0 N–H and O–H groups in total. The minimum absolute atomic E-state index is 0.606. The van der Waals surface area contributed by atoms with Gasteiger partial charge in [-0.25, -0.2) is 0 Å². The van der Waals surface area contributed by atoms with Gasteiger partial charge in [0, 0.05) is 26.5 Å². The van der Waals surface area contributed by atoms with Crippen molar-refractivity contribution >= 4 is 0 Å². The first-order valence-electron chi connectivity index (χ1n) is 7.88. The van der Waals surface area contributed by atoms with Crippen molar-refractivity contribution in [2.45, 2.75) is 77.3 Å². The summed E-state index contributed by atoms with van der Waals surface area (Å²) in [5.41, 5.74) is 0. The molecule has 0 unspecified atom stereocenters. The van der Waals surface area contributed by atoms with Crippen LogP contribution in [-0.4, -0.2) is 30.1 Å². The van der Waals surface area contributed by atoms with Gasteiger partial charge in [-0.3, -0.25) is 0 Å². The Labute approximate surface area is 114 Å². The summed E-state index contributed by atoms with van der Waals surface area (Å²) in [6.45, 7) is 2.28. The highest BCUT2D eigenvalue weighted by atomic mass is 15.4. The van der Waals surface area contributed by atoms with Gasteiger partial charge in [-0.2, -0.15) is 0 Å². The normalized spacial score (nSPS) is 15.9. The predicted octanol–water partition coefficient (Wildman–Crippen LogP) is 4.58. The molecule has 0 aromatic carbocycles. The molecule has 106 valence electrons. The van der Waals surface area contributed by atoms with E-state index in [9.17, 15) is 0 Å². The second-order valence-electron chi connectivity index (χ2n) is 5.73. The number of nitrogens with zero attached hydrogens (tertiary/aromatic N) is 2. The van der Waals surface area contributed by atoms with Gasteiger partial charge >= 0.3 is 0 Å². The monoisotopic (exact) mass is 252 g/mol. The van der Waals surface area contributed by atoms with E-state index in [1.54, 1.807) is 0 Å². The van der Waals surface area contributed by atoms with Gasteiger partial charge in [0.2, 0.25) is 0 Å². The molecular weight excluding hydrogens is 220 g/mol. The van der Waals surface area contributed by atoms with E-state index < -0.39 is 0 Å². The first kappa shape index (κ1) is 15.4. The Balaban J connectivity index is 1.87. The first-order valence-corrected chi connectivity index (χ1v) is 7.88. The molecule has 0 radical (unpaired) electrons. The predicted molar refractivity (Wildman–Crippen MR) is 80.3 cm³/mol. The molecule has 2 heteroatoms. The third-order valence-electron chi connectivity index (χ3n) is 4.04. The Hall–Kier alpha value is -0.660. The molecule has 0 aliphatic carbocycles. The zero-order chi connectivity index (χ0) is 13.2. The lowest BCUT2D eigenvalue weighted by molar-refractivity contribution is 0.188. The average molecular weight is 252 g/mol. The second kappa shape index (κ2) is 9.29. The average Bonchev–Trinajstić information content (AvgIpc) is 2.68. The van der Waals surface area contributed by atoms with Crippen molar-refractivity contribution in [1.29, 1.82) is 0 Å². The van der Waals surface area contributed by atoms with Crippen molar-refractivity contribution in [1.82, 2.24) is 9.80 Å². The Morgan fingerprint density at radius 2 is 1.17 bits per heavy atom. The molecule has 1 aliphatic heterocycles. The molecule has 0 saturated carbocycles. The van der Waals surface area contributed by atoms with Crippen LogP contribution in [0.1, 0.15) is 71.1 Å². The molecule has 0 amide bonds. The summed E-state index contributed by atoms with van der Waals surface area (Å²) in [5, 5.41) is 0. The summed E-state index contributed by atoms with van der Waals surface area (Å²) in [5.74, 6) is 0. The van der Waals surface area contributed by atoms with Gasteiger partial charge in [-0.15, -0.1) is 0 Å². The summed E-state index contributed by atoms with van der Waals surface area (Å²) in [6, 6.07) is 0. The smallest absolute Gasteiger partial charge is 0.100 e. The van der Waals surface area contributed by atoms with Crippen LogP contribution in [0.25, 0.3) is 0 Å². The van der Waals surface area contributed by atoms with Gasteiger partial charge in [-0.1, -0.05) is 58.3 Å². The molecule has 0 aromatic rings. The van der Waals surface area contributed by atoms with Crippen LogP contribution in [0.5, 0.6) is 0 Å². The van der Waals surface area contributed by atoms with Crippen LogP contribution in [0.4, 0.5) is 0 Å². The molecule has 0 bridgehead atoms. The van der Waals surface area contributed by atoms with E-state index in [-0.39, 0.29) is 0 Å². The Kier molecular flexibility index (Phi) is 7.95. The third-order valence-corrected chi connectivity index (χ3v) is 4.04. The lowest BCUT2D eigenvalue weighted by atomic mass is 10.1. The van der Waals surface area contributed by atoms with Crippen LogP contribution in [-0.2, 0) is 0 Å². The second-order valence-corrected chi connectivity index (χ2v) is 5.73. The highest BCUT2D eigenvalue weighted by Crippen LogP contribution is 2.18. The van der Waals surface area contributed by atoms with Crippen LogP contribution in [0, 0.1) is 0 Å². The van der Waals surface area contributed by atoms with Crippen LogP contribution in [0.2, 0.25) is 0 Å². The molecule has 0 fully saturated rings. The van der Waals surface area contributed by atoms with E-state index in [2.05, 4.69) is 43.2 Å². The van der Waals surface area contributed by atoms with Crippen molar-refractivity contribution in [2.24, 2.45) is 0 Å². The van der Waals surface area contributed by atoms with Gasteiger partial charge in [0.05, 0.1) is 0 Å². The van der Waals surface area contributed by atoms with Crippen molar-refractivity contribution < 1.29 is 0 Å². The maximum Gasteiger partial charge on any atom is 0.100 e. The van der Waals surface area contributed by atoms with Crippen molar-refractivity contribution in [3.63, 3.8) is 0 Å². The summed E-state index contributed by atoms with van der Waals surface area (Å²) in [7, 11) is 4.36. The fourth-order valence-corrected chi connectivity index (χ4v) is 2.74. The number of rotatable bonds is 10. The van der Waals surface area contributed by atoms with E-state index in [4.69, 9.17) is 0 Å². The van der Waals surface area contributed by atoms with Gasteiger partial charge in [0.15, 0.2) is 0 Å². The third kappa shape index (κ3) is 5.79. The summed E-state index contributed by atoms with van der Waals surface area (Å²) < 4.78 is 0. The van der Waals surface area contributed by atoms with Gasteiger partial charge in [-0.05, 0) is 12.8 Å². The maximum atomic E-state index is 2.32. The highest BCUT2D eigenvalue weighted by molar-refractivity contribution is 4.93.